The molecule has 0 saturated carbocycles. The van der Waals surface area contributed by atoms with Crippen molar-refractivity contribution in [1.82, 2.24) is 0 Å². The summed E-state index contributed by atoms with van der Waals surface area (Å²) >= 11 is 0. The van der Waals surface area contributed by atoms with Gasteiger partial charge in [-0.3, -0.25) is 4.79 Å². The number of hydrogen-bond donors (Lipinski definition) is 1. The van der Waals surface area contributed by atoms with Crippen molar-refractivity contribution in [2.24, 2.45) is 0 Å². The fraction of sp³-hybridized carbons (Fsp3) is 0.111. The van der Waals surface area contributed by atoms with E-state index in [1.54, 1.807) is 24.3 Å². The molecule has 0 aliphatic carbocycles. The number of esters is 1. The largest absolute Gasteiger partial charge is 0.435 e. The lowest BCUT2D eigenvalue weighted by Crippen LogP contribution is -2.06. The highest BCUT2D eigenvalue weighted by Crippen LogP contribution is 2.17. The van der Waals surface area contributed by atoms with Crippen LogP contribution in [0.5, 0.6) is 11.5 Å². The van der Waals surface area contributed by atoms with E-state index in [-0.39, 0.29) is 11.7 Å². The monoisotopic (exact) mass is 347 g/mol. The number of nitrogens with one attached hydrogen (secondary N) is 1. The summed E-state index contributed by atoms with van der Waals surface area (Å²) < 4.78 is 33.4. The number of benzene rings is 2. The van der Waals surface area contributed by atoms with Crippen molar-refractivity contribution in [2.45, 2.75) is 13.5 Å². The Morgan fingerprint density at radius 3 is 2.16 bits per heavy atom. The average Bonchev–Trinajstić information content (AvgIpc) is 2.55. The molecule has 0 fully saturated rings. The first kappa shape index (κ1) is 18.1. The number of anilines is 1. The summed E-state index contributed by atoms with van der Waals surface area (Å²) in [6.45, 7) is -1.49. The average molecular weight is 347 g/mol. The number of hydrogen-bond acceptors (Lipinski definition) is 4. The topological polar surface area (TPSA) is 64.6 Å². The molecule has 2 rings (SSSR count). The predicted molar refractivity (Wildman–Crippen MR) is 88.5 cm³/mol. The molecule has 2 aromatic carbocycles. The summed E-state index contributed by atoms with van der Waals surface area (Å²) in [4.78, 5) is 22.7. The third-order valence-corrected chi connectivity index (χ3v) is 2.91. The van der Waals surface area contributed by atoms with Crippen LogP contribution in [0.3, 0.4) is 0 Å². The number of rotatable bonds is 6. The first-order chi connectivity index (χ1) is 11.9. The first-order valence-corrected chi connectivity index (χ1v) is 7.25. The summed E-state index contributed by atoms with van der Waals surface area (Å²) in [5, 5.41) is 2.60. The molecule has 0 radical (unpaired) electrons. The maximum Gasteiger partial charge on any atom is 0.387 e. The Morgan fingerprint density at radius 1 is 1.00 bits per heavy atom. The maximum atomic E-state index is 12.1. The molecule has 0 unspecified atom stereocenters. The molecule has 2 aromatic rings. The molecule has 0 heterocycles. The van der Waals surface area contributed by atoms with Gasteiger partial charge >= 0.3 is 12.6 Å². The van der Waals surface area contributed by atoms with E-state index in [0.717, 1.165) is 0 Å². The third kappa shape index (κ3) is 6.42. The zero-order chi connectivity index (χ0) is 18.2. The molecular formula is C18H15F2NO4. The Bertz CT molecular complexity index is 756. The minimum atomic E-state index is -2.88. The molecule has 0 bridgehead atoms. The first-order valence-electron chi connectivity index (χ1n) is 7.25. The Morgan fingerprint density at radius 2 is 1.60 bits per heavy atom. The third-order valence-electron chi connectivity index (χ3n) is 2.91. The molecular weight excluding hydrogens is 332 g/mol. The molecule has 0 aromatic heterocycles. The molecule has 1 amide bonds. The van der Waals surface area contributed by atoms with Gasteiger partial charge in [0.15, 0.2) is 0 Å². The molecule has 5 nitrogen and oxygen atoms in total. The van der Waals surface area contributed by atoms with Crippen LogP contribution in [0, 0.1) is 0 Å². The number of carbonyl (C=O) groups is 2. The molecule has 0 spiro atoms. The highest BCUT2D eigenvalue weighted by molar-refractivity contribution is 5.90. The number of carbonyl (C=O) groups excluding carboxylic acids is 2. The summed E-state index contributed by atoms with van der Waals surface area (Å²) in [5.74, 6) is -0.434. The van der Waals surface area contributed by atoms with Gasteiger partial charge in [0.2, 0.25) is 5.91 Å². The maximum absolute atomic E-state index is 12.1. The molecule has 130 valence electrons. The van der Waals surface area contributed by atoms with Crippen molar-refractivity contribution in [2.75, 3.05) is 5.32 Å². The van der Waals surface area contributed by atoms with Crippen molar-refractivity contribution < 1.29 is 27.8 Å². The van der Waals surface area contributed by atoms with E-state index in [4.69, 9.17) is 4.74 Å². The zero-order valence-corrected chi connectivity index (χ0v) is 13.2. The minimum Gasteiger partial charge on any atom is -0.435 e. The van der Waals surface area contributed by atoms with Crippen molar-refractivity contribution in [3.63, 3.8) is 0 Å². The van der Waals surface area contributed by atoms with Crippen LogP contribution in [0.15, 0.2) is 54.6 Å². The number of halogens is 2. The van der Waals surface area contributed by atoms with E-state index in [1.165, 1.54) is 43.3 Å². The second-order valence-corrected chi connectivity index (χ2v) is 4.91. The number of alkyl halides is 2. The Labute approximate surface area is 142 Å². The van der Waals surface area contributed by atoms with Gasteiger partial charge < -0.3 is 14.8 Å². The fourth-order valence-corrected chi connectivity index (χ4v) is 1.88. The van der Waals surface area contributed by atoms with Crippen LogP contribution in [-0.4, -0.2) is 18.5 Å². The number of amides is 1. The van der Waals surface area contributed by atoms with Gasteiger partial charge in [-0.25, -0.2) is 4.79 Å². The quantitative estimate of drug-likeness (QED) is 0.489. The van der Waals surface area contributed by atoms with Gasteiger partial charge in [-0.15, -0.1) is 0 Å². The lowest BCUT2D eigenvalue weighted by molar-refractivity contribution is -0.128. The summed E-state index contributed by atoms with van der Waals surface area (Å²) in [6.07, 6.45) is 2.70. The standard InChI is InChI=1S/C18H15F2NO4/c1-12(22)21-14-5-9-15(10-6-14)24-17(23)11-4-13-2-7-16(8-3-13)25-18(19)20/h2-11,18H,1H3,(H,21,22)/b11-4+. The Kier molecular flexibility index (Phi) is 6.22. The normalized spacial score (nSPS) is 10.7. The summed E-state index contributed by atoms with van der Waals surface area (Å²) in [6, 6.07) is 12.1. The van der Waals surface area contributed by atoms with Crippen LogP contribution in [0.1, 0.15) is 12.5 Å². The van der Waals surface area contributed by atoms with E-state index in [1.807, 2.05) is 0 Å². The van der Waals surface area contributed by atoms with Crippen molar-refractivity contribution >= 4 is 23.6 Å². The van der Waals surface area contributed by atoms with Crippen LogP contribution in [0.25, 0.3) is 6.08 Å². The van der Waals surface area contributed by atoms with Gasteiger partial charge in [-0.05, 0) is 48.0 Å². The van der Waals surface area contributed by atoms with E-state index < -0.39 is 12.6 Å². The van der Waals surface area contributed by atoms with Crippen LogP contribution < -0.4 is 14.8 Å². The molecule has 0 aliphatic rings. The molecule has 1 N–H and O–H groups in total. The van der Waals surface area contributed by atoms with E-state index in [2.05, 4.69) is 10.1 Å². The molecule has 25 heavy (non-hydrogen) atoms. The van der Waals surface area contributed by atoms with Crippen molar-refractivity contribution in [3.8, 4) is 11.5 Å². The predicted octanol–water partition coefficient (Wildman–Crippen LogP) is 3.87. The Balaban J connectivity index is 1.90. The lowest BCUT2D eigenvalue weighted by atomic mass is 10.2. The molecule has 0 aliphatic heterocycles. The van der Waals surface area contributed by atoms with E-state index in [0.29, 0.717) is 17.0 Å². The van der Waals surface area contributed by atoms with Gasteiger partial charge in [-0.1, -0.05) is 12.1 Å². The van der Waals surface area contributed by atoms with Gasteiger partial charge in [0, 0.05) is 18.7 Å². The highest BCUT2D eigenvalue weighted by atomic mass is 19.3. The lowest BCUT2D eigenvalue weighted by Gasteiger charge is -2.05. The fourth-order valence-electron chi connectivity index (χ4n) is 1.88. The van der Waals surface area contributed by atoms with Gasteiger partial charge in [0.05, 0.1) is 0 Å². The van der Waals surface area contributed by atoms with Crippen LogP contribution in [0.4, 0.5) is 14.5 Å². The summed E-state index contributed by atoms with van der Waals surface area (Å²) in [7, 11) is 0. The van der Waals surface area contributed by atoms with E-state index in [9.17, 15) is 18.4 Å². The smallest absolute Gasteiger partial charge is 0.387 e. The van der Waals surface area contributed by atoms with Crippen LogP contribution in [0.2, 0.25) is 0 Å². The molecule has 0 atom stereocenters. The van der Waals surface area contributed by atoms with Gasteiger partial charge in [-0.2, -0.15) is 8.78 Å². The molecule has 7 heteroatoms. The van der Waals surface area contributed by atoms with Crippen LogP contribution in [-0.2, 0) is 9.59 Å². The Hall–Kier alpha value is -3.22. The van der Waals surface area contributed by atoms with E-state index >= 15 is 0 Å². The minimum absolute atomic E-state index is 0.0361. The highest BCUT2D eigenvalue weighted by Gasteiger charge is 2.04. The van der Waals surface area contributed by atoms with Gasteiger partial charge in [0.25, 0.3) is 0 Å². The number of ether oxygens (including phenoxy) is 2. The van der Waals surface area contributed by atoms with Crippen molar-refractivity contribution in [1.29, 1.82) is 0 Å². The molecule has 0 saturated heterocycles. The second-order valence-electron chi connectivity index (χ2n) is 4.91. The zero-order valence-electron chi connectivity index (χ0n) is 13.2. The SMILES string of the molecule is CC(=O)Nc1ccc(OC(=O)/C=C/c2ccc(OC(F)F)cc2)cc1. The van der Waals surface area contributed by atoms with Crippen molar-refractivity contribution in [3.05, 3.63) is 60.2 Å². The van der Waals surface area contributed by atoms with Gasteiger partial charge in [0.1, 0.15) is 11.5 Å². The summed E-state index contributed by atoms with van der Waals surface area (Å²) in [5.41, 5.74) is 1.22. The van der Waals surface area contributed by atoms with Crippen LogP contribution >= 0.6 is 0 Å². The second kappa shape index (κ2) is 8.58.